The van der Waals surface area contributed by atoms with E-state index in [1.54, 1.807) is 6.26 Å². The summed E-state index contributed by atoms with van der Waals surface area (Å²) >= 11 is 0. The number of piperidine rings is 1. The van der Waals surface area contributed by atoms with E-state index in [1.165, 1.54) is 32.1 Å². The first-order valence-corrected chi connectivity index (χ1v) is 14.1. The van der Waals surface area contributed by atoms with Gasteiger partial charge in [-0.3, -0.25) is 9.59 Å². The number of aromatic nitrogens is 1. The van der Waals surface area contributed by atoms with E-state index in [0.29, 0.717) is 30.6 Å². The predicted molar refractivity (Wildman–Crippen MR) is 141 cm³/mol. The third-order valence-electron chi connectivity index (χ3n) is 8.73. The number of hydrogen-bond donors (Lipinski definition) is 1. The van der Waals surface area contributed by atoms with E-state index in [1.807, 2.05) is 40.7 Å². The zero-order valence-electron chi connectivity index (χ0n) is 22.0. The lowest BCUT2D eigenvalue weighted by atomic mass is 9.93. The molecule has 1 saturated heterocycles. The highest BCUT2D eigenvalue weighted by molar-refractivity contribution is 6.00. The molecule has 5 rings (SSSR count). The molecule has 0 unspecified atom stereocenters. The van der Waals surface area contributed by atoms with Crippen LogP contribution in [0.2, 0.25) is 0 Å². The molecule has 0 aromatic carbocycles. The van der Waals surface area contributed by atoms with Crippen molar-refractivity contribution < 1.29 is 14.0 Å². The molecule has 4 heterocycles. The number of amides is 2. The van der Waals surface area contributed by atoms with Crippen molar-refractivity contribution in [2.24, 2.45) is 0 Å². The quantitative estimate of drug-likeness (QED) is 0.546. The van der Waals surface area contributed by atoms with Gasteiger partial charge in [0.15, 0.2) is 0 Å². The van der Waals surface area contributed by atoms with Crippen molar-refractivity contribution in [2.45, 2.75) is 102 Å². The van der Waals surface area contributed by atoms with Gasteiger partial charge in [-0.1, -0.05) is 32.1 Å². The van der Waals surface area contributed by atoms with Crippen LogP contribution in [0.5, 0.6) is 0 Å². The Morgan fingerprint density at radius 3 is 2.50 bits per heavy atom. The maximum atomic E-state index is 14.0. The monoisotopic (exact) mass is 494 g/mol. The second-order valence-electron chi connectivity index (χ2n) is 11.3. The van der Waals surface area contributed by atoms with Gasteiger partial charge in [-0.25, -0.2) is 0 Å². The number of carbonyl (C=O) groups is 2. The molecule has 196 valence electrons. The van der Waals surface area contributed by atoms with E-state index in [0.717, 1.165) is 50.9 Å². The lowest BCUT2D eigenvalue weighted by Gasteiger charge is -2.45. The fourth-order valence-corrected chi connectivity index (χ4v) is 6.45. The van der Waals surface area contributed by atoms with Crippen molar-refractivity contribution in [1.82, 2.24) is 19.7 Å². The summed E-state index contributed by atoms with van der Waals surface area (Å²) in [6, 6.07) is 8.36. The van der Waals surface area contributed by atoms with Gasteiger partial charge in [0.2, 0.25) is 5.91 Å². The summed E-state index contributed by atoms with van der Waals surface area (Å²) in [5, 5.41) is 3.36. The molecule has 36 heavy (non-hydrogen) atoms. The Morgan fingerprint density at radius 2 is 1.78 bits per heavy atom. The number of carbonyl (C=O) groups excluding carboxylic acids is 2. The Kier molecular flexibility index (Phi) is 7.56. The first-order chi connectivity index (χ1) is 17.5. The molecule has 0 bridgehead atoms. The minimum absolute atomic E-state index is 0.0289. The summed E-state index contributed by atoms with van der Waals surface area (Å²) in [5.41, 5.74) is 0.524. The van der Waals surface area contributed by atoms with E-state index >= 15 is 0 Å². The number of furan rings is 1. The normalized spacial score (nSPS) is 26.0. The summed E-state index contributed by atoms with van der Waals surface area (Å²) in [6.07, 6.45) is 13.1. The van der Waals surface area contributed by atoms with E-state index in [2.05, 4.69) is 17.1 Å². The van der Waals surface area contributed by atoms with Crippen LogP contribution in [0.4, 0.5) is 0 Å². The Hall–Kier alpha value is -2.54. The van der Waals surface area contributed by atoms with Crippen molar-refractivity contribution in [3.63, 3.8) is 0 Å². The van der Waals surface area contributed by atoms with E-state index < -0.39 is 5.54 Å². The predicted octanol–water partition coefficient (Wildman–Crippen LogP) is 5.07. The molecule has 1 saturated carbocycles. The second-order valence-corrected chi connectivity index (χ2v) is 11.3. The van der Waals surface area contributed by atoms with Crippen molar-refractivity contribution >= 4 is 11.8 Å². The van der Waals surface area contributed by atoms with Crippen LogP contribution in [0, 0.1) is 0 Å². The molecule has 2 aromatic rings. The van der Waals surface area contributed by atoms with Crippen LogP contribution in [0.1, 0.15) is 88.5 Å². The molecule has 2 atom stereocenters. The van der Waals surface area contributed by atoms with Crippen LogP contribution in [-0.2, 0) is 11.3 Å². The molecule has 2 fully saturated rings. The molecule has 7 nitrogen and oxygen atoms in total. The molecular weight excluding hydrogens is 452 g/mol. The van der Waals surface area contributed by atoms with Gasteiger partial charge in [-0.15, -0.1) is 0 Å². The van der Waals surface area contributed by atoms with Gasteiger partial charge in [-0.05, 0) is 76.8 Å². The molecule has 7 heteroatoms. The summed E-state index contributed by atoms with van der Waals surface area (Å²) in [7, 11) is 0. The number of nitrogens with zero attached hydrogens (tertiary/aromatic N) is 3. The Balaban J connectivity index is 1.39. The summed E-state index contributed by atoms with van der Waals surface area (Å²) in [6.45, 7) is 7.36. The number of nitrogens with one attached hydrogen (secondary N) is 1. The minimum Gasteiger partial charge on any atom is -0.463 e. The largest absolute Gasteiger partial charge is 0.463 e. The molecule has 2 aliphatic heterocycles. The summed E-state index contributed by atoms with van der Waals surface area (Å²) < 4.78 is 7.64. The Labute approximate surface area is 215 Å². The number of likely N-dealkylation sites (tertiary alicyclic amines) is 1. The van der Waals surface area contributed by atoms with Crippen LogP contribution in [0.3, 0.4) is 0 Å². The highest BCUT2D eigenvalue weighted by Crippen LogP contribution is 2.34. The summed E-state index contributed by atoms with van der Waals surface area (Å²) in [5.74, 6) is 0.621. The average molecular weight is 495 g/mol. The van der Waals surface area contributed by atoms with Gasteiger partial charge in [0.1, 0.15) is 17.0 Å². The van der Waals surface area contributed by atoms with Crippen molar-refractivity contribution in [3.05, 3.63) is 36.2 Å². The van der Waals surface area contributed by atoms with Crippen molar-refractivity contribution in [3.8, 4) is 11.5 Å². The van der Waals surface area contributed by atoms with E-state index in [9.17, 15) is 9.59 Å². The molecular formula is C29H42N4O3. The molecule has 2 aromatic heterocycles. The second kappa shape index (κ2) is 10.8. The zero-order chi connectivity index (χ0) is 25.1. The molecule has 3 aliphatic rings. The van der Waals surface area contributed by atoms with Crippen LogP contribution >= 0.6 is 0 Å². The number of rotatable bonds is 7. The number of hydrogen-bond acceptors (Lipinski definition) is 4. The van der Waals surface area contributed by atoms with Gasteiger partial charge in [0, 0.05) is 25.2 Å². The Bertz CT molecular complexity index is 1040. The maximum Gasteiger partial charge on any atom is 0.271 e. The Morgan fingerprint density at radius 1 is 1.03 bits per heavy atom. The molecule has 0 radical (unpaired) electrons. The van der Waals surface area contributed by atoms with Crippen molar-refractivity contribution in [2.75, 3.05) is 19.6 Å². The van der Waals surface area contributed by atoms with Crippen molar-refractivity contribution in [1.29, 1.82) is 0 Å². The van der Waals surface area contributed by atoms with Gasteiger partial charge < -0.3 is 24.1 Å². The van der Waals surface area contributed by atoms with Gasteiger partial charge in [0.05, 0.1) is 18.5 Å². The lowest BCUT2D eigenvalue weighted by Crippen LogP contribution is -2.65. The van der Waals surface area contributed by atoms with Crippen LogP contribution in [0.15, 0.2) is 34.9 Å². The van der Waals surface area contributed by atoms with Gasteiger partial charge in [0.25, 0.3) is 5.91 Å². The van der Waals surface area contributed by atoms with Gasteiger partial charge >= 0.3 is 0 Å². The van der Waals surface area contributed by atoms with Crippen LogP contribution < -0.4 is 5.32 Å². The molecule has 0 spiro atoms. The first kappa shape index (κ1) is 25.1. The lowest BCUT2D eigenvalue weighted by molar-refractivity contribution is -0.133. The molecule has 1 aliphatic carbocycles. The minimum atomic E-state index is -0.954. The third kappa shape index (κ3) is 4.99. The van der Waals surface area contributed by atoms with E-state index in [4.69, 9.17) is 4.42 Å². The van der Waals surface area contributed by atoms with Crippen LogP contribution in [-0.4, -0.2) is 63.4 Å². The average Bonchev–Trinajstić information content (AvgIpc) is 3.47. The van der Waals surface area contributed by atoms with E-state index in [-0.39, 0.29) is 17.9 Å². The highest BCUT2D eigenvalue weighted by Gasteiger charge is 2.48. The third-order valence-corrected chi connectivity index (χ3v) is 8.73. The fourth-order valence-electron chi connectivity index (χ4n) is 6.45. The summed E-state index contributed by atoms with van der Waals surface area (Å²) in [4.78, 5) is 32.2. The molecule has 2 amide bonds. The SMILES string of the molecule is C[C@H]1CCCCN1CCCN1C(=O)c2ccc(-c3ccco3)n2C[C@@]1(C)C(=O)NC1CCCCCC1. The smallest absolute Gasteiger partial charge is 0.271 e. The standard InChI is InChI=1S/C29H42N4O3/c1-22-11-7-8-17-31(22)18-10-19-33-27(34)25-16-15-24(26-14-9-20-36-26)32(25)21-29(33,2)28(35)30-23-12-5-3-4-6-13-23/h9,14-16,20,22-23H,3-8,10-13,17-19,21H2,1-2H3,(H,30,35)/t22-,29-/m0/s1. The van der Waals surface area contributed by atoms with Crippen LogP contribution in [0.25, 0.3) is 11.5 Å². The highest BCUT2D eigenvalue weighted by atomic mass is 16.3. The van der Waals surface area contributed by atoms with Gasteiger partial charge in [-0.2, -0.15) is 0 Å². The number of fused-ring (bicyclic) bond motifs is 1. The first-order valence-electron chi connectivity index (χ1n) is 14.1. The topological polar surface area (TPSA) is 70.7 Å². The fraction of sp³-hybridized carbons (Fsp3) is 0.655. The zero-order valence-corrected chi connectivity index (χ0v) is 22.0. The maximum absolute atomic E-state index is 14.0. The molecule has 1 N–H and O–H groups in total.